The number of aromatic nitrogens is 3. The predicted octanol–water partition coefficient (Wildman–Crippen LogP) is 5.49. The van der Waals surface area contributed by atoms with Gasteiger partial charge in [0.15, 0.2) is 10.9 Å². The quantitative estimate of drug-likeness (QED) is 0.285. The molecule has 0 radical (unpaired) electrons. The Kier molecular flexibility index (Phi) is 6.24. The van der Waals surface area contributed by atoms with Crippen molar-refractivity contribution in [1.82, 2.24) is 15.2 Å². The number of hydrogen-bond acceptors (Lipinski definition) is 8. The highest BCUT2D eigenvalue weighted by molar-refractivity contribution is 7.99. The van der Waals surface area contributed by atoms with Gasteiger partial charge in [-0.3, -0.25) is 4.79 Å². The van der Waals surface area contributed by atoms with Crippen LogP contribution >= 0.6 is 34.7 Å². The van der Waals surface area contributed by atoms with Gasteiger partial charge >= 0.3 is 0 Å². The van der Waals surface area contributed by atoms with Crippen LogP contribution in [0.5, 0.6) is 0 Å². The van der Waals surface area contributed by atoms with Crippen LogP contribution in [-0.4, -0.2) is 26.7 Å². The van der Waals surface area contributed by atoms with Crippen molar-refractivity contribution in [3.63, 3.8) is 0 Å². The lowest BCUT2D eigenvalue weighted by Crippen LogP contribution is -2.01. The Balaban J connectivity index is 1.32. The minimum Gasteiger partial charge on any atom is -0.416 e. The summed E-state index contributed by atoms with van der Waals surface area (Å²) >= 11 is 8.71. The minimum atomic E-state index is 0.0200. The van der Waals surface area contributed by atoms with E-state index < -0.39 is 0 Å². The summed E-state index contributed by atoms with van der Waals surface area (Å²) in [5.74, 6) is 0.724. The zero-order chi connectivity index (χ0) is 20.1. The van der Waals surface area contributed by atoms with Crippen LogP contribution in [-0.2, 0) is 6.42 Å². The van der Waals surface area contributed by atoms with Crippen LogP contribution in [0.25, 0.3) is 0 Å². The molecule has 0 atom stereocenters. The van der Waals surface area contributed by atoms with Crippen molar-refractivity contribution in [3.05, 3.63) is 82.1 Å². The first kappa shape index (κ1) is 19.6. The van der Waals surface area contributed by atoms with E-state index in [1.54, 1.807) is 12.1 Å². The predicted molar refractivity (Wildman–Crippen MR) is 115 cm³/mol. The van der Waals surface area contributed by atoms with E-state index in [1.165, 1.54) is 23.1 Å². The molecule has 0 aliphatic carbocycles. The van der Waals surface area contributed by atoms with Gasteiger partial charge in [0.2, 0.25) is 5.89 Å². The smallest absolute Gasteiger partial charge is 0.277 e. The summed E-state index contributed by atoms with van der Waals surface area (Å²) < 4.78 is 5.63. The van der Waals surface area contributed by atoms with Crippen molar-refractivity contribution < 1.29 is 9.21 Å². The maximum atomic E-state index is 12.2. The number of Topliss-reactive ketones (excluding diaryl/α,β-unsaturated/α-hetero) is 1. The van der Waals surface area contributed by atoms with Gasteiger partial charge in [-0.1, -0.05) is 59.8 Å². The van der Waals surface area contributed by atoms with E-state index in [2.05, 4.69) is 20.5 Å². The van der Waals surface area contributed by atoms with Crippen LogP contribution < -0.4 is 5.32 Å². The van der Waals surface area contributed by atoms with E-state index in [1.807, 2.05) is 47.8 Å². The zero-order valence-electron chi connectivity index (χ0n) is 15.0. The van der Waals surface area contributed by atoms with Crippen LogP contribution in [0.15, 0.2) is 69.6 Å². The first-order valence-corrected chi connectivity index (χ1v) is 10.9. The number of nitrogens with zero attached hydrogens (tertiary/aromatic N) is 3. The Hall–Kier alpha value is -2.68. The number of anilines is 2. The summed E-state index contributed by atoms with van der Waals surface area (Å²) in [5.41, 5.74) is 2.36. The molecule has 0 unspecified atom stereocenters. The van der Waals surface area contributed by atoms with E-state index in [4.69, 9.17) is 16.0 Å². The van der Waals surface area contributed by atoms with Gasteiger partial charge in [0, 0.05) is 21.7 Å². The van der Waals surface area contributed by atoms with Crippen LogP contribution in [0.4, 0.5) is 10.8 Å². The molecule has 0 saturated heterocycles. The molecule has 2 aromatic heterocycles. The molecular weight excluding hydrogens is 428 g/mol. The van der Waals surface area contributed by atoms with E-state index in [9.17, 15) is 4.79 Å². The molecule has 0 bridgehead atoms. The standard InChI is InChI=1S/C20H15ClN4O2S2/c21-14-7-4-8-15(9-14)22-19-23-16(11-28-19)10-18-24-25-20(27-18)29-12-17(26)13-5-2-1-3-6-13/h1-9,11H,10,12H2,(H,22,23). The third kappa shape index (κ3) is 5.44. The number of halogens is 1. The number of rotatable bonds is 8. The van der Waals surface area contributed by atoms with Gasteiger partial charge in [0.25, 0.3) is 5.22 Å². The molecule has 0 amide bonds. The van der Waals surface area contributed by atoms with E-state index >= 15 is 0 Å². The fourth-order valence-corrected chi connectivity index (χ4v) is 4.09. The van der Waals surface area contributed by atoms with Crippen molar-refractivity contribution in [2.24, 2.45) is 0 Å². The molecule has 0 fully saturated rings. The lowest BCUT2D eigenvalue weighted by Gasteiger charge is -2.01. The Bertz CT molecular complexity index is 1110. The lowest BCUT2D eigenvalue weighted by atomic mass is 10.2. The fourth-order valence-electron chi connectivity index (χ4n) is 2.49. The largest absolute Gasteiger partial charge is 0.416 e. The molecular formula is C20H15ClN4O2S2. The van der Waals surface area contributed by atoms with Crippen molar-refractivity contribution in [1.29, 1.82) is 0 Å². The van der Waals surface area contributed by atoms with Crippen molar-refractivity contribution in [2.45, 2.75) is 11.6 Å². The molecule has 29 heavy (non-hydrogen) atoms. The first-order chi connectivity index (χ1) is 14.2. The number of benzene rings is 2. The second kappa shape index (κ2) is 9.21. The molecule has 0 aliphatic rings. The number of carbonyl (C=O) groups excluding carboxylic acids is 1. The molecule has 2 aromatic carbocycles. The average molecular weight is 443 g/mol. The number of hydrogen-bond donors (Lipinski definition) is 1. The molecule has 2 heterocycles. The SMILES string of the molecule is O=C(CSc1nnc(Cc2csc(Nc3cccc(Cl)c3)n2)o1)c1ccccc1. The van der Waals surface area contributed by atoms with Crippen LogP contribution in [0, 0.1) is 0 Å². The molecule has 6 nitrogen and oxygen atoms in total. The molecule has 4 aromatic rings. The third-order valence-electron chi connectivity index (χ3n) is 3.83. The second-order valence-electron chi connectivity index (χ2n) is 6.00. The van der Waals surface area contributed by atoms with Gasteiger partial charge < -0.3 is 9.73 Å². The Labute approximate surface area is 180 Å². The fraction of sp³-hybridized carbons (Fsp3) is 0.100. The normalized spacial score (nSPS) is 10.8. The van der Waals surface area contributed by atoms with E-state index in [0.29, 0.717) is 28.1 Å². The number of nitrogens with one attached hydrogen (secondary N) is 1. The van der Waals surface area contributed by atoms with Crippen LogP contribution in [0.1, 0.15) is 21.9 Å². The first-order valence-electron chi connectivity index (χ1n) is 8.66. The van der Waals surface area contributed by atoms with Crippen LogP contribution in [0.3, 0.4) is 0 Å². The van der Waals surface area contributed by atoms with Gasteiger partial charge in [-0.15, -0.1) is 21.5 Å². The molecule has 1 N–H and O–H groups in total. The molecule has 0 spiro atoms. The van der Waals surface area contributed by atoms with Gasteiger partial charge in [-0.2, -0.15) is 0 Å². The minimum absolute atomic E-state index is 0.0200. The lowest BCUT2D eigenvalue weighted by molar-refractivity contribution is 0.102. The maximum Gasteiger partial charge on any atom is 0.277 e. The number of carbonyl (C=O) groups is 1. The summed E-state index contributed by atoms with van der Waals surface area (Å²) in [6.45, 7) is 0. The van der Waals surface area contributed by atoms with Crippen molar-refractivity contribution in [3.8, 4) is 0 Å². The number of ketones is 1. The van der Waals surface area contributed by atoms with Gasteiger partial charge in [-0.05, 0) is 18.2 Å². The number of thiazole rings is 1. The molecule has 4 rings (SSSR count). The Morgan fingerprint density at radius 2 is 2.00 bits per heavy atom. The highest BCUT2D eigenvalue weighted by Crippen LogP contribution is 2.25. The van der Waals surface area contributed by atoms with Gasteiger partial charge in [0.05, 0.1) is 17.9 Å². The topological polar surface area (TPSA) is 80.9 Å². The third-order valence-corrected chi connectivity index (χ3v) is 5.69. The summed E-state index contributed by atoms with van der Waals surface area (Å²) in [7, 11) is 0. The van der Waals surface area contributed by atoms with Crippen LogP contribution in [0.2, 0.25) is 5.02 Å². The summed E-state index contributed by atoms with van der Waals surface area (Å²) in [6, 6.07) is 16.6. The zero-order valence-corrected chi connectivity index (χ0v) is 17.4. The summed E-state index contributed by atoms with van der Waals surface area (Å²) in [4.78, 5) is 16.7. The number of thioether (sulfide) groups is 1. The molecule has 9 heteroatoms. The van der Waals surface area contributed by atoms with Gasteiger partial charge in [0.1, 0.15) is 0 Å². The molecule has 0 aliphatic heterocycles. The van der Waals surface area contributed by atoms with E-state index in [0.717, 1.165) is 16.5 Å². The van der Waals surface area contributed by atoms with Crippen molar-refractivity contribution in [2.75, 3.05) is 11.1 Å². The monoisotopic (exact) mass is 442 g/mol. The van der Waals surface area contributed by atoms with E-state index in [-0.39, 0.29) is 11.5 Å². The second-order valence-corrected chi connectivity index (χ2v) is 8.22. The summed E-state index contributed by atoms with van der Waals surface area (Å²) in [5, 5.41) is 15.0. The van der Waals surface area contributed by atoms with Gasteiger partial charge in [-0.25, -0.2) is 4.98 Å². The maximum absolute atomic E-state index is 12.2. The highest BCUT2D eigenvalue weighted by atomic mass is 35.5. The summed E-state index contributed by atoms with van der Waals surface area (Å²) in [6.07, 6.45) is 0.425. The molecule has 0 saturated carbocycles. The Morgan fingerprint density at radius 3 is 2.83 bits per heavy atom. The molecule has 146 valence electrons. The highest BCUT2D eigenvalue weighted by Gasteiger charge is 2.13. The Morgan fingerprint density at radius 1 is 1.14 bits per heavy atom. The van der Waals surface area contributed by atoms with Crippen molar-refractivity contribution >= 4 is 51.3 Å². The average Bonchev–Trinajstić information content (AvgIpc) is 3.36.